The van der Waals surface area contributed by atoms with Crippen molar-refractivity contribution in [2.45, 2.75) is 57.5 Å². The van der Waals surface area contributed by atoms with Gasteiger partial charge in [0.1, 0.15) is 5.75 Å². The Morgan fingerprint density at radius 2 is 1.62 bits per heavy atom. The Morgan fingerprint density at radius 3 is 2.25 bits per heavy atom. The number of amides is 1. The predicted molar refractivity (Wildman–Crippen MR) is 124 cm³/mol. The molecule has 1 aliphatic heterocycles. The highest BCUT2D eigenvalue weighted by molar-refractivity contribution is 6.05. The fraction of sp³-hybridized carbons (Fsp3) is 0.519. The van der Waals surface area contributed by atoms with E-state index in [9.17, 15) is 4.79 Å². The summed E-state index contributed by atoms with van der Waals surface area (Å²) in [6, 6.07) is 17.6. The van der Waals surface area contributed by atoms with Gasteiger partial charge in [-0.3, -0.25) is 9.69 Å². The number of rotatable bonds is 6. The van der Waals surface area contributed by atoms with E-state index in [0.29, 0.717) is 17.3 Å². The molecule has 2 aromatic rings. The maximum Gasteiger partial charge on any atom is 0.259 e. The number of hydrogen-bond donors (Lipinski definition) is 0. The van der Waals surface area contributed by atoms with Gasteiger partial charge in [0, 0.05) is 12.8 Å². The number of methoxy groups -OCH3 is 2. The quantitative estimate of drug-likeness (QED) is 0.599. The lowest BCUT2D eigenvalue weighted by Crippen LogP contribution is -2.63. The molecule has 2 aromatic carbocycles. The van der Waals surface area contributed by atoms with Gasteiger partial charge in [0.25, 0.3) is 5.91 Å². The number of fused-ring (bicyclic) bond motifs is 1. The van der Waals surface area contributed by atoms with Gasteiger partial charge >= 0.3 is 0 Å². The topological polar surface area (TPSA) is 48.0 Å². The summed E-state index contributed by atoms with van der Waals surface area (Å²) in [5.74, 6) is 2.08. The summed E-state index contributed by atoms with van der Waals surface area (Å²) in [5.41, 5.74) is 1.88. The Hall–Kier alpha value is -2.37. The predicted octanol–water partition coefficient (Wildman–Crippen LogP) is 5.01. The molecule has 0 aromatic heterocycles. The van der Waals surface area contributed by atoms with Crippen LogP contribution in [0, 0.1) is 17.3 Å². The number of β-lactam (4-membered cyclic amide) rings is 1. The molecule has 5 nitrogen and oxygen atoms in total. The molecule has 3 fully saturated rings. The smallest absolute Gasteiger partial charge is 0.259 e. The lowest BCUT2D eigenvalue weighted by molar-refractivity contribution is -0.184. The number of benzene rings is 2. The summed E-state index contributed by atoms with van der Waals surface area (Å²) in [4.78, 5) is 15.3. The monoisotopic (exact) mass is 435 g/mol. The zero-order chi connectivity index (χ0) is 22.7. The maximum atomic E-state index is 13.4. The zero-order valence-corrected chi connectivity index (χ0v) is 19.6. The number of hydrogen-bond acceptors (Lipinski definition) is 4. The first-order valence-electron chi connectivity index (χ1n) is 11.5. The molecule has 1 heterocycles. The van der Waals surface area contributed by atoms with E-state index < -0.39 is 6.10 Å². The molecule has 3 aliphatic rings. The zero-order valence-electron chi connectivity index (χ0n) is 19.6. The van der Waals surface area contributed by atoms with Crippen molar-refractivity contribution in [1.29, 1.82) is 0 Å². The number of carbonyl (C=O) groups excluding carboxylic acids is 1. The molecule has 2 aliphatic carbocycles. The molecular weight excluding hydrogens is 402 g/mol. The SMILES string of the molecule is COc1ccc(N2C(=O)[C@@H](O[C@@H]3C[C@@H]4[C@H](C[C@@]3(C)OC)C4(C)C)[C@H]2c2ccccc2)cc1. The van der Waals surface area contributed by atoms with Crippen LogP contribution in [0.1, 0.15) is 45.2 Å². The summed E-state index contributed by atoms with van der Waals surface area (Å²) in [6.45, 7) is 6.82. The van der Waals surface area contributed by atoms with Crippen molar-refractivity contribution in [1.82, 2.24) is 0 Å². The number of nitrogens with zero attached hydrogens (tertiary/aromatic N) is 1. The molecule has 1 saturated heterocycles. The molecule has 0 spiro atoms. The third-order valence-corrected chi connectivity index (χ3v) is 8.38. The number of ether oxygens (including phenoxy) is 3. The Labute approximate surface area is 190 Å². The van der Waals surface area contributed by atoms with Gasteiger partial charge in [0.15, 0.2) is 6.10 Å². The van der Waals surface area contributed by atoms with Crippen molar-refractivity contribution >= 4 is 11.6 Å². The van der Waals surface area contributed by atoms with E-state index in [1.54, 1.807) is 14.2 Å². The van der Waals surface area contributed by atoms with E-state index in [1.165, 1.54) is 0 Å². The minimum Gasteiger partial charge on any atom is -0.497 e. The molecule has 0 unspecified atom stereocenters. The molecule has 170 valence electrons. The van der Waals surface area contributed by atoms with Crippen LogP contribution in [-0.2, 0) is 14.3 Å². The molecule has 2 saturated carbocycles. The average Bonchev–Trinajstić information content (AvgIpc) is 3.34. The Bertz CT molecular complexity index is 988. The van der Waals surface area contributed by atoms with Crippen molar-refractivity contribution in [2.75, 3.05) is 19.1 Å². The second kappa shape index (κ2) is 7.60. The second-order valence-electron chi connectivity index (χ2n) is 10.3. The van der Waals surface area contributed by atoms with Crippen LogP contribution in [0.2, 0.25) is 0 Å². The van der Waals surface area contributed by atoms with Crippen LogP contribution < -0.4 is 9.64 Å². The molecule has 0 N–H and O–H groups in total. The van der Waals surface area contributed by atoms with Gasteiger partial charge in [-0.2, -0.15) is 0 Å². The van der Waals surface area contributed by atoms with E-state index in [1.807, 2.05) is 47.4 Å². The van der Waals surface area contributed by atoms with Crippen molar-refractivity contribution in [3.8, 4) is 5.75 Å². The highest BCUT2D eigenvalue weighted by Gasteiger charge is 2.65. The van der Waals surface area contributed by atoms with Crippen LogP contribution in [0.3, 0.4) is 0 Å². The minimum atomic E-state index is -0.516. The van der Waals surface area contributed by atoms with Crippen LogP contribution in [0.5, 0.6) is 5.75 Å². The number of anilines is 1. The summed E-state index contributed by atoms with van der Waals surface area (Å²) >= 11 is 0. The number of carbonyl (C=O) groups is 1. The summed E-state index contributed by atoms with van der Waals surface area (Å²) in [7, 11) is 3.41. The van der Waals surface area contributed by atoms with E-state index in [2.05, 4.69) is 32.9 Å². The molecule has 6 atom stereocenters. The van der Waals surface area contributed by atoms with Crippen LogP contribution in [-0.4, -0.2) is 37.9 Å². The fourth-order valence-corrected chi connectivity index (χ4v) is 5.97. The largest absolute Gasteiger partial charge is 0.497 e. The van der Waals surface area contributed by atoms with Crippen molar-refractivity contribution in [2.24, 2.45) is 17.3 Å². The van der Waals surface area contributed by atoms with Gasteiger partial charge in [0.05, 0.1) is 24.9 Å². The van der Waals surface area contributed by atoms with Crippen LogP contribution >= 0.6 is 0 Å². The van der Waals surface area contributed by atoms with E-state index >= 15 is 0 Å². The fourth-order valence-electron chi connectivity index (χ4n) is 5.97. The Morgan fingerprint density at radius 1 is 0.938 bits per heavy atom. The van der Waals surface area contributed by atoms with Gasteiger partial charge in [-0.05, 0) is 66.8 Å². The maximum absolute atomic E-state index is 13.4. The van der Waals surface area contributed by atoms with Crippen LogP contribution in [0.25, 0.3) is 0 Å². The molecule has 5 heteroatoms. The molecule has 0 radical (unpaired) electrons. The third-order valence-electron chi connectivity index (χ3n) is 8.38. The van der Waals surface area contributed by atoms with Gasteiger partial charge < -0.3 is 14.2 Å². The van der Waals surface area contributed by atoms with Gasteiger partial charge in [-0.25, -0.2) is 0 Å². The minimum absolute atomic E-state index is 0.000321. The van der Waals surface area contributed by atoms with Crippen LogP contribution in [0.15, 0.2) is 54.6 Å². The lowest BCUT2D eigenvalue weighted by atomic mass is 9.82. The highest BCUT2D eigenvalue weighted by atomic mass is 16.6. The summed E-state index contributed by atoms with van der Waals surface area (Å²) < 4.78 is 17.9. The van der Waals surface area contributed by atoms with Crippen molar-refractivity contribution in [3.05, 3.63) is 60.2 Å². The first-order valence-corrected chi connectivity index (χ1v) is 11.5. The molecule has 1 amide bonds. The van der Waals surface area contributed by atoms with Gasteiger partial charge in [0.2, 0.25) is 0 Å². The Balaban J connectivity index is 1.43. The van der Waals surface area contributed by atoms with Crippen LogP contribution in [0.4, 0.5) is 5.69 Å². The van der Waals surface area contributed by atoms with Gasteiger partial charge in [-0.15, -0.1) is 0 Å². The third kappa shape index (κ3) is 3.25. The van der Waals surface area contributed by atoms with Gasteiger partial charge in [-0.1, -0.05) is 44.2 Å². The standard InChI is InChI=1S/C27H33NO4/c1-26(2)20-15-22(27(3,31-5)16-21(20)26)32-24-23(17-9-7-6-8-10-17)28(25(24)29)18-11-13-19(30-4)14-12-18/h6-14,20-24H,15-16H2,1-5H3/t20-,21+,22-,23-,24+,27-/m1/s1. The molecule has 32 heavy (non-hydrogen) atoms. The van der Waals surface area contributed by atoms with E-state index in [4.69, 9.17) is 14.2 Å². The van der Waals surface area contributed by atoms with Crippen molar-refractivity contribution < 1.29 is 19.0 Å². The lowest BCUT2D eigenvalue weighted by Gasteiger charge is -2.50. The average molecular weight is 436 g/mol. The van der Waals surface area contributed by atoms with E-state index in [-0.39, 0.29) is 23.7 Å². The summed E-state index contributed by atoms with van der Waals surface area (Å²) in [5, 5.41) is 0. The molecule has 5 rings (SSSR count). The second-order valence-corrected chi connectivity index (χ2v) is 10.3. The van der Waals surface area contributed by atoms with E-state index in [0.717, 1.165) is 29.8 Å². The van der Waals surface area contributed by atoms with Crippen molar-refractivity contribution in [3.63, 3.8) is 0 Å². The first-order chi connectivity index (χ1) is 15.3. The Kier molecular flexibility index (Phi) is 5.10. The molecular formula is C27H33NO4. The molecule has 0 bridgehead atoms. The summed E-state index contributed by atoms with van der Waals surface area (Å²) in [6.07, 6.45) is 1.30. The normalized spacial score (nSPS) is 35.1. The highest BCUT2D eigenvalue weighted by Crippen LogP contribution is 2.67. The first kappa shape index (κ1) is 21.5.